The molecule has 1 N–H and O–H groups in total. The first-order valence-corrected chi connectivity index (χ1v) is 9.30. The summed E-state index contributed by atoms with van der Waals surface area (Å²) in [5.74, 6) is 1.48. The topological polar surface area (TPSA) is 80.6 Å². The van der Waals surface area contributed by atoms with E-state index < -0.39 is 0 Å². The highest BCUT2D eigenvalue weighted by Crippen LogP contribution is 2.30. The molecule has 0 aliphatic rings. The maximum absolute atomic E-state index is 12.7. The van der Waals surface area contributed by atoms with Crippen LogP contribution in [-0.2, 0) is 6.61 Å². The van der Waals surface area contributed by atoms with E-state index >= 15 is 0 Å². The Morgan fingerprint density at radius 1 is 1.00 bits per heavy atom. The molecule has 0 radical (unpaired) electrons. The van der Waals surface area contributed by atoms with Gasteiger partial charge in [-0.1, -0.05) is 18.2 Å². The largest absolute Gasteiger partial charge is 0.496 e. The summed E-state index contributed by atoms with van der Waals surface area (Å²) in [4.78, 5) is 12.7. The van der Waals surface area contributed by atoms with E-state index in [1.165, 1.54) is 0 Å². The average Bonchev–Trinajstić information content (AvgIpc) is 2.78. The first kappa shape index (κ1) is 20.7. The van der Waals surface area contributed by atoms with Crippen molar-refractivity contribution < 1.29 is 19.0 Å². The molecule has 0 saturated heterocycles. The molecule has 0 fully saturated rings. The Morgan fingerprint density at radius 2 is 1.70 bits per heavy atom. The number of hydrogen-bond acceptors (Lipinski definition) is 5. The van der Waals surface area contributed by atoms with E-state index in [0.29, 0.717) is 40.7 Å². The van der Waals surface area contributed by atoms with Crippen LogP contribution in [0.3, 0.4) is 0 Å². The second-order valence-corrected chi connectivity index (χ2v) is 6.59. The molecule has 3 rings (SSSR count). The van der Waals surface area contributed by atoms with Crippen LogP contribution in [0.5, 0.6) is 17.2 Å². The van der Waals surface area contributed by atoms with Gasteiger partial charge in [0, 0.05) is 22.9 Å². The summed E-state index contributed by atoms with van der Waals surface area (Å²) in [6, 6.07) is 19.8. The van der Waals surface area contributed by atoms with Crippen molar-refractivity contribution in [3.8, 4) is 23.3 Å². The van der Waals surface area contributed by atoms with Crippen molar-refractivity contribution in [3.05, 3.63) is 82.9 Å². The number of rotatable bonds is 7. The number of benzene rings is 3. The highest BCUT2D eigenvalue weighted by molar-refractivity contribution is 6.05. The van der Waals surface area contributed by atoms with Gasteiger partial charge in [0.1, 0.15) is 23.9 Å². The SMILES string of the molecule is COc1cc(C(=O)Nc2cccc(OCc3cccc(C#N)c3)c2)cc(OC)c1C. The van der Waals surface area contributed by atoms with Gasteiger partial charge in [0.25, 0.3) is 5.91 Å². The van der Waals surface area contributed by atoms with Crippen LogP contribution in [0, 0.1) is 18.3 Å². The number of nitrogens with one attached hydrogen (secondary N) is 1. The lowest BCUT2D eigenvalue weighted by atomic mass is 10.1. The maximum atomic E-state index is 12.7. The molecule has 0 spiro atoms. The molecule has 6 nitrogen and oxygen atoms in total. The van der Waals surface area contributed by atoms with Gasteiger partial charge in [-0.3, -0.25) is 4.79 Å². The summed E-state index contributed by atoms with van der Waals surface area (Å²) in [6.45, 7) is 2.19. The quantitative estimate of drug-likeness (QED) is 0.619. The van der Waals surface area contributed by atoms with E-state index in [9.17, 15) is 4.79 Å². The van der Waals surface area contributed by atoms with Gasteiger partial charge in [-0.2, -0.15) is 5.26 Å². The van der Waals surface area contributed by atoms with Gasteiger partial charge < -0.3 is 19.5 Å². The maximum Gasteiger partial charge on any atom is 0.255 e. The van der Waals surface area contributed by atoms with Gasteiger partial charge in [-0.25, -0.2) is 0 Å². The highest BCUT2D eigenvalue weighted by Gasteiger charge is 2.14. The number of anilines is 1. The number of ether oxygens (including phenoxy) is 3. The van der Waals surface area contributed by atoms with Crippen molar-refractivity contribution >= 4 is 11.6 Å². The number of amides is 1. The lowest BCUT2D eigenvalue weighted by Crippen LogP contribution is -2.12. The molecule has 0 aromatic heterocycles. The van der Waals surface area contributed by atoms with Crippen molar-refractivity contribution in [3.63, 3.8) is 0 Å². The fourth-order valence-electron chi connectivity index (χ4n) is 2.98. The number of nitriles is 1. The van der Waals surface area contributed by atoms with Gasteiger partial charge in [-0.05, 0) is 48.9 Å². The van der Waals surface area contributed by atoms with Crippen LogP contribution in [0.15, 0.2) is 60.7 Å². The lowest BCUT2D eigenvalue weighted by Gasteiger charge is -2.13. The molecule has 30 heavy (non-hydrogen) atoms. The number of hydrogen-bond donors (Lipinski definition) is 1. The molecule has 0 heterocycles. The molecule has 0 aliphatic carbocycles. The summed E-state index contributed by atoms with van der Waals surface area (Å²) in [5, 5.41) is 11.9. The zero-order valence-electron chi connectivity index (χ0n) is 17.1. The molecule has 1 amide bonds. The fourth-order valence-corrected chi connectivity index (χ4v) is 2.98. The molecule has 3 aromatic rings. The summed E-state index contributed by atoms with van der Waals surface area (Å²) in [5.41, 5.74) is 3.33. The molecule has 152 valence electrons. The predicted octanol–water partition coefficient (Wildman–Crippen LogP) is 4.72. The Morgan fingerprint density at radius 3 is 2.37 bits per heavy atom. The summed E-state index contributed by atoms with van der Waals surface area (Å²) in [7, 11) is 3.10. The van der Waals surface area contributed by atoms with E-state index in [1.54, 1.807) is 56.7 Å². The Kier molecular flexibility index (Phi) is 6.56. The monoisotopic (exact) mass is 402 g/mol. The zero-order valence-corrected chi connectivity index (χ0v) is 17.1. The van der Waals surface area contributed by atoms with Gasteiger partial charge in [0.2, 0.25) is 0 Å². The number of carbonyl (C=O) groups is 1. The zero-order chi connectivity index (χ0) is 21.5. The third kappa shape index (κ3) is 4.89. The second-order valence-electron chi connectivity index (χ2n) is 6.59. The van der Waals surface area contributed by atoms with Gasteiger partial charge in [0.05, 0.1) is 25.9 Å². The first-order valence-electron chi connectivity index (χ1n) is 9.30. The van der Waals surface area contributed by atoms with E-state index in [2.05, 4.69) is 11.4 Å². The fraction of sp³-hybridized carbons (Fsp3) is 0.167. The summed E-state index contributed by atoms with van der Waals surface area (Å²) >= 11 is 0. The number of methoxy groups -OCH3 is 2. The van der Waals surface area contributed by atoms with Crippen molar-refractivity contribution in [1.82, 2.24) is 0 Å². The number of nitrogens with zero attached hydrogens (tertiary/aromatic N) is 1. The van der Waals surface area contributed by atoms with Crippen LogP contribution < -0.4 is 19.5 Å². The van der Waals surface area contributed by atoms with E-state index in [4.69, 9.17) is 19.5 Å². The van der Waals surface area contributed by atoms with Gasteiger partial charge in [-0.15, -0.1) is 0 Å². The third-order valence-electron chi connectivity index (χ3n) is 4.57. The molecule has 0 aliphatic heterocycles. The molecule has 3 aromatic carbocycles. The minimum Gasteiger partial charge on any atom is -0.496 e. The van der Waals surface area contributed by atoms with Crippen LogP contribution >= 0.6 is 0 Å². The van der Waals surface area contributed by atoms with Crippen molar-refractivity contribution in [1.29, 1.82) is 5.26 Å². The third-order valence-corrected chi connectivity index (χ3v) is 4.57. The standard InChI is InChI=1S/C24H22N2O4/c1-16-22(28-2)11-19(12-23(16)29-3)24(27)26-20-8-5-9-21(13-20)30-15-18-7-4-6-17(10-18)14-25/h4-13H,15H2,1-3H3,(H,26,27). The Balaban J connectivity index is 1.72. The minimum atomic E-state index is -0.287. The van der Waals surface area contributed by atoms with Crippen molar-refractivity contribution in [2.24, 2.45) is 0 Å². The van der Waals surface area contributed by atoms with Crippen LogP contribution in [0.2, 0.25) is 0 Å². The molecule has 0 bridgehead atoms. The Labute approximate surface area is 175 Å². The average molecular weight is 402 g/mol. The molecule has 0 unspecified atom stereocenters. The summed E-state index contributed by atoms with van der Waals surface area (Å²) < 4.78 is 16.5. The van der Waals surface area contributed by atoms with Crippen LogP contribution in [0.4, 0.5) is 5.69 Å². The Bertz CT molecular complexity index is 1080. The van der Waals surface area contributed by atoms with Gasteiger partial charge >= 0.3 is 0 Å². The molecular formula is C24H22N2O4. The minimum absolute atomic E-state index is 0.287. The van der Waals surface area contributed by atoms with Crippen LogP contribution in [0.25, 0.3) is 0 Å². The van der Waals surface area contributed by atoms with Crippen molar-refractivity contribution in [2.45, 2.75) is 13.5 Å². The smallest absolute Gasteiger partial charge is 0.255 e. The molecule has 0 atom stereocenters. The van der Waals surface area contributed by atoms with E-state index in [0.717, 1.165) is 11.1 Å². The molecular weight excluding hydrogens is 380 g/mol. The van der Waals surface area contributed by atoms with E-state index in [-0.39, 0.29) is 5.91 Å². The molecule has 0 saturated carbocycles. The second kappa shape index (κ2) is 9.48. The Hall–Kier alpha value is -3.98. The van der Waals surface area contributed by atoms with Crippen molar-refractivity contribution in [2.75, 3.05) is 19.5 Å². The number of carbonyl (C=O) groups excluding carboxylic acids is 1. The highest BCUT2D eigenvalue weighted by atomic mass is 16.5. The normalized spacial score (nSPS) is 10.1. The predicted molar refractivity (Wildman–Crippen MR) is 114 cm³/mol. The van der Waals surface area contributed by atoms with E-state index in [1.807, 2.05) is 25.1 Å². The molecule has 6 heteroatoms. The van der Waals surface area contributed by atoms with Gasteiger partial charge in [0.15, 0.2) is 0 Å². The lowest BCUT2D eigenvalue weighted by molar-refractivity contribution is 0.102. The first-order chi connectivity index (χ1) is 14.5. The van der Waals surface area contributed by atoms with Crippen LogP contribution in [0.1, 0.15) is 27.0 Å². The van der Waals surface area contributed by atoms with Crippen LogP contribution in [-0.4, -0.2) is 20.1 Å². The summed E-state index contributed by atoms with van der Waals surface area (Å²) in [6.07, 6.45) is 0.